The van der Waals surface area contributed by atoms with E-state index in [0.717, 1.165) is 0 Å². The lowest BCUT2D eigenvalue weighted by atomic mass is 9.98. The molecule has 160 valence electrons. The molecule has 1 N–H and O–H groups in total. The molecule has 1 aliphatic rings. The second kappa shape index (κ2) is 11.3. The quantitative estimate of drug-likeness (QED) is 0.450. The molecule has 2 aromatic rings. The number of methoxy groups -OCH3 is 1. The predicted octanol–water partition coefficient (Wildman–Crippen LogP) is 3.12. The first-order valence-corrected chi connectivity index (χ1v) is 10.0. The summed E-state index contributed by atoms with van der Waals surface area (Å²) in [5.74, 6) is -0.362. The number of alkyl carbamates (subject to hydrolysis) is 1. The van der Waals surface area contributed by atoms with Gasteiger partial charge in [-0.1, -0.05) is 48.5 Å². The number of nitrogens with one attached hydrogen (secondary N) is 1. The Morgan fingerprint density at radius 2 is 1.53 bits per heavy atom. The van der Waals surface area contributed by atoms with Gasteiger partial charge in [-0.15, -0.1) is 0 Å². The molecule has 7 nitrogen and oxygen atoms in total. The van der Waals surface area contributed by atoms with E-state index in [1.807, 2.05) is 24.3 Å². The molecule has 0 saturated heterocycles. The second-order valence-electron chi connectivity index (χ2n) is 6.85. The first-order valence-electron chi connectivity index (χ1n) is 10.0. The minimum Gasteiger partial charge on any atom is -0.467 e. The Morgan fingerprint density at radius 1 is 0.900 bits per heavy atom. The van der Waals surface area contributed by atoms with Crippen LogP contribution in [0.15, 0.2) is 48.5 Å². The molecule has 1 aliphatic carbocycles. The van der Waals surface area contributed by atoms with Crippen LogP contribution in [0.3, 0.4) is 0 Å². The monoisotopic (exact) mass is 413 g/mol. The number of fused-ring (bicyclic) bond motifs is 3. The molecule has 2 aromatic carbocycles. The third kappa shape index (κ3) is 5.81. The number of benzene rings is 2. The highest BCUT2D eigenvalue weighted by atomic mass is 16.6. The van der Waals surface area contributed by atoms with Gasteiger partial charge in [-0.25, -0.2) is 9.59 Å². The third-order valence-electron chi connectivity index (χ3n) is 4.90. The first-order chi connectivity index (χ1) is 14.7. The van der Waals surface area contributed by atoms with E-state index < -0.39 is 12.1 Å². The largest absolute Gasteiger partial charge is 0.467 e. The molecule has 0 unspecified atom stereocenters. The van der Waals surface area contributed by atoms with E-state index in [1.54, 1.807) is 0 Å². The van der Waals surface area contributed by atoms with Gasteiger partial charge in [-0.05, 0) is 28.7 Å². The topological polar surface area (TPSA) is 83.1 Å². The van der Waals surface area contributed by atoms with E-state index in [9.17, 15) is 9.59 Å². The molecular weight excluding hydrogens is 386 g/mol. The molecule has 0 heterocycles. The fraction of sp³-hybridized carbons (Fsp3) is 0.391. The van der Waals surface area contributed by atoms with Gasteiger partial charge >= 0.3 is 12.1 Å². The molecule has 0 aliphatic heterocycles. The van der Waals surface area contributed by atoms with Gasteiger partial charge in [0.15, 0.2) is 0 Å². The van der Waals surface area contributed by atoms with Crippen LogP contribution in [-0.2, 0) is 23.7 Å². The molecule has 0 spiro atoms. The Morgan fingerprint density at radius 3 is 2.20 bits per heavy atom. The van der Waals surface area contributed by atoms with Crippen LogP contribution in [0.2, 0.25) is 0 Å². The fourth-order valence-electron chi connectivity index (χ4n) is 3.45. The summed E-state index contributed by atoms with van der Waals surface area (Å²) in [7, 11) is 1.31. The van der Waals surface area contributed by atoms with Gasteiger partial charge in [-0.3, -0.25) is 0 Å². The summed E-state index contributed by atoms with van der Waals surface area (Å²) in [6, 6.07) is 16.5. The summed E-state index contributed by atoms with van der Waals surface area (Å²) in [6.45, 7) is 1.85. The average molecular weight is 413 g/mol. The number of carbonyl (C=O) groups excluding carboxylic acids is 2. The van der Waals surface area contributed by atoms with Crippen molar-refractivity contribution in [2.45, 2.75) is 12.3 Å². The summed E-state index contributed by atoms with van der Waals surface area (Å²) >= 11 is 0. The van der Waals surface area contributed by atoms with Crippen LogP contribution in [0.1, 0.15) is 23.5 Å². The van der Waals surface area contributed by atoms with Crippen LogP contribution >= 0.6 is 0 Å². The van der Waals surface area contributed by atoms with E-state index in [4.69, 9.17) is 14.2 Å². The Bertz CT molecular complexity index is 808. The normalized spacial score (nSPS) is 12.2. The van der Waals surface area contributed by atoms with Crippen LogP contribution in [0.25, 0.3) is 11.1 Å². The van der Waals surface area contributed by atoms with Gasteiger partial charge in [0.05, 0.1) is 20.3 Å². The van der Waals surface area contributed by atoms with Crippen molar-refractivity contribution in [2.24, 2.45) is 0 Å². The van der Waals surface area contributed by atoms with E-state index in [0.29, 0.717) is 39.4 Å². The van der Waals surface area contributed by atoms with E-state index >= 15 is 0 Å². The number of rotatable bonds is 11. The number of ether oxygens (including phenoxy) is 4. The van der Waals surface area contributed by atoms with Crippen molar-refractivity contribution in [3.8, 4) is 11.1 Å². The maximum Gasteiger partial charge on any atom is 0.407 e. The zero-order valence-corrected chi connectivity index (χ0v) is 17.1. The summed E-state index contributed by atoms with van der Waals surface area (Å²) in [5.41, 5.74) is 4.79. The Kier molecular flexibility index (Phi) is 8.23. The molecule has 0 saturated carbocycles. The zero-order chi connectivity index (χ0) is 21.2. The van der Waals surface area contributed by atoms with Crippen LogP contribution in [-0.4, -0.2) is 58.8 Å². The lowest BCUT2D eigenvalue weighted by Gasteiger charge is -2.14. The first kappa shape index (κ1) is 21.8. The van der Waals surface area contributed by atoms with Gasteiger partial charge in [0.1, 0.15) is 13.2 Å². The van der Waals surface area contributed by atoms with Crippen LogP contribution in [0.4, 0.5) is 4.79 Å². The lowest BCUT2D eigenvalue weighted by molar-refractivity contribution is -0.146. The number of hydrogen-bond donors (Lipinski definition) is 1. The highest BCUT2D eigenvalue weighted by Gasteiger charge is 2.28. The summed E-state index contributed by atoms with van der Waals surface area (Å²) in [5, 5.41) is 2.75. The second-order valence-corrected chi connectivity index (χ2v) is 6.85. The molecule has 1 amide bonds. The molecule has 0 atom stereocenters. The van der Waals surface area contributed by atoms with Crippen molar-refractivity contribution in [1.29, 1.82) is 0 Å². The fourth-order valence-corrected chi connectivity index (χ4v) is 3.45. The van der Waals surface area contributed by atoms with Gasteiger partial charge in [0, 0.05) is 19.1 Å². The van der Waals surface area contributed by atoms with Crippen LogP contribution in [0, 0.1) is 0 Å². The molecule has 0 radical (unpaired) electrons. The van der Waals surface area contributed by atoms with Crippen molar-refractivity contribution in [3.05, 3.63) is 59.7 Å². The van der Waals surface area contributed by atoms with Gasteiger partial charge in [0.2, 0.25) is 0 Å². The number of carbonyl (C=O) groups is 2. The standard InChI is InChI=1S/C23H27NO6/c1-27-22(25)16-29-14-13-28-12-6-11-24-23(26)30-15-21-19-9-4-2-7-17(19)18-8-3-5-10-20(18)21/h2-5,7-10,21H,6,11-16H2,1H3,(H,24,26). The van der Waals surface area contributed by atoms with E-state index in [2.05, 4.69) is 34.3 Å². The summed E-state index contributed by atoms with van der Waals surface area (Å²) in [4.78, 5) is 22.9. The Balaban J connectivity index is 1.32. The predicted molar refractivity (Wildman–Crippen MR) is 111 cm³/mol. The highest BCUT2D eigenvalue weighted by Crippen LogP contribution is 2.44. The van der Waals surface area contributed by atoms with E-state index in [-0.39, 0.29) is 12.5 Å². The maximum atomic E-state index is 12.1. The van der Waals surface area contributed by atoms with Gasteiger partial charge in [0.25, 0.3) is 0 Å². The number of hydrogen-bond acceptors (Lipinski definition) is 6. The van der Waals surface area contributed by atoms with E-state index in [1.165, 1.54) is 29.4 Å². The third-order valence-corrected chi connectivity index (χ3v) is 4.90. The van der Waals surface area contributed by atoms with Crippen molar-refractivity contribution >= 4 is 12.1 Å². The van der Waals surface area contributed by atoms with Crippen LogP contribution in [0.5, 0.6) is 0 Å². The lowest BCUT2D eigenvalue weighted by Crippen LogP contribution is -2.27. The Hall–Kier alpha value is -2.90. The van der Waals surface area contributed by atoms with Gasteiger partial charge in [-0.2, -0.15) is 0 Å². The molecule has 7 heteroatoms. The summed E-state index contributed by atoms with van der Waals surface area (Å²) in [6.07, 6.45) is 0.222. The number of amides is 1. The molecular formula is C23H27NO6. The average Bonchev–Trinajstić information content (AvgIpc) is 3.10. The molecule has 0 fully saturated rings. The zero-order valence-electron chi connectivity index (χ0n) is 17.1. The Labute approximate surface area is 176 Å². The SMILES string of the molecule is COC(=O)COCCOCCCNC(=O)OCC1c2ccccc2-c2ccccc21. The molecule has 30 heavy (non-hydrogen) atoms. The summed E-state index contributed by atoms with van der Waals surface area (Å²) < 4.78 is 20.4. The molecule has 0 aromatic heterocycles. The smallest absolute Gasteiger partial charge is 0.407 e. The van der Waals surface area contributed by atoms with Crippen molar-refractivity contribution < 1.29 is 28.5 Å². The van der Waals surface area contributed by atoms with Crippen molar-refractivity contribution in [3.63, 3.8) is 0 Å². The minimum atomic E-state index is -0.432. The van der Waals surface area contributed by atoms with Gasteiger partial charge < -0.3 is 24.3 Å². The maximum absolute atomic E-state index is 12.1. The van der Waals surface area contributed by atoms with Crippen LogP contribution < -0.4 is 5.32 Å². The number of esters is 1. The van der Waals surface area contributed by atoms with Crippen molar-refractivity contribution in [2.75, 3.05) is 46.7 Å². The molecule has 0 bridgehead atoms. The molecule has 3 rings (SSSR count). The minimum absolute atomic E-state index is 0.0523. The van der Waals surface area contributed by atoms with Crippen molar-refractivity contribution in [1.82, 2.24) is 5.32 Å². The highest BCUT2D eigenvalue weighted by molar-refractivity contribution is 5.79.